The molecule has 10 heteroatoms. The summed E-state index contributed by atoms with van der Waals surface area (Å²) in [4.78, 5) is 31.1. The van der Waals surface area contributed by atoms with E-state index in [0.29, 0.717) is 25.0 Å². The number of nitrogens with zero attached hydrogens (tertiary/aromatic N) is 5. The monoisotopic (exact) mass is 529 g/mol. The molecular formula is C29H35N7O3. The molecule has 0 spiro atoms. The third kappa shape index (κ3) is 4.90. The molecule has 1 amide bonds. The lowest BCUT2D eigenvalue weighted by atomic mass is 9.85. The molecule has 0 saturated carbocycles. The number of hydrogen-bond donors (Lipinski definition) is 2. The average molecular weight is 530 g/mol. The van der Waals surface area contributed by atoms with E-state index < -0.39 is 0 Å². The van der Waals surface area contributed by atoms with Crippen LogP contribution in [0.2, 0.25) is 0 Å². The molecule has 2 saturated heterocycles. The Hall–Kier alpha value is -3.76. The molecule has 3 aliphatic heterocycles. The van der Waals surface area contributed by atoms with Crippen molar-refractivity contribution >= 4 is 35.2 Å². The first kappa shape index (κ1) is 25.5. The quantitative estimate of drug-likeness (QED) is 0.463. The van der Waals surface area contributed by atoms with E-state index in [1.165, 1.54) is 5.56 Å². The Morgan fingerprint density at radius 2 is 1.85 bits per heavy atom. The van der Waals surface area contributed by atoms with Crippen molar-refractivity contribution < 1.29 is 14.3 Å². The van der Waals surface area contributed by atoms with Crippen molar-refractivity contribution in [1.82, 2.24) is 20.3 Å². The van der Waals surface area contributed by atoms with Crippen LogP contribution in [-0.4, -0.2) is 59.0 Å². The number of carbonyl (C=O) groups is 1. The SMILES string of the molecule is CNCc1ccc(Nc2ncc3c(n2)N(c2cccc(N4C(=O)OCCC4C)n2)[C@@H]2CC(C)(C)OCC32)cc1. The van der Waals surface area contributed by atoms with Gasteiger partial charge in [0.15, 0.2) is 0 Å². The van der Waals surface area contributed by atoms with Crippen LogP contribution in [-0.2, 0) is 16.0 Å². The normalized spacial score (nSPS) is 23.7. The van der Waals surface area contributed by atoms with Gasteiger partial charge in [0, 0.05) is 48.4 Å². The van der Waals surface area contributed by atoms with Crippen molar-refractivity contribution in [3.63, 3.8) is 0 Å². The highest BCUT2D eigenvalue weighted by molar-refractivity contribution is 5.88. The molecule has 204 valence electrons. The number of rotatable bonds is 6. The Morgan fingerprint density at radius 1 is 1.08 bits per heavy atom. The van der Waals surface area contributed by atoms with Gasteiger partial charge in [-0.1, -0.05) is 18.2 Å². The first-order valence-electron chi connectivity index (χ1n) is 13.6. The molecule has 2 unspecified atom stereocenters. The minimum atomic E-state index is -0.361. The number of fused-ring (bicyclic) bond motifs is 3. The molecule has 3 atom stereocenters. The first-order chi connectivity index (χ1) is 18.8. The van der Waals surface area contributed by atoms with Gasteiger partial charge in [0.1, 0.15) is 17.5 Å². The number of amides is 1. The van der Waals surface area contributed by atoms with Crippen molar-refractivity contribution in [3.05, 3.63) is 59.8 Å². The van der Waals surface area contributed by atoms with Gasteiger partial charge >= 0.3 is 6.09 Å². The van der Waals surface area contributed by atoms with Gasteiger partial charge < -0.3 is 25.0 Å². The van der Waals surface area contributed by atoms with Gasteiger partial charge in [0.05, 0.1) is 18.8 Å². The largest absolute Gasteiger partial charge is 0.449 e. The van der Waals surface area contributed by atoms with E-state index in [1.54, 1.807) is 4.90 Å². The average Bonchev–Trinajstić information content (AvgIpc) is 3.21. The Kier molecular flexibility index (Phi) is 6.60. The molecule has 3 aromatic rings. The second kappa shape index (κ2) is 10.1. The molecule has 3 aliphatic rings. The molecule has 39 heavy (non-hydrogen) atoms. The van der Waals surface area contributed by atoms with E-state index in [-0.39, 0.29) is 29.7 Å². The Bertz CT molecular complexity index is 1360. The minimum Gasteiger partial charge on any atom is -0.449 e. The van der Waals surface area contributed by atoms with Gasteiger partial charge in [-0.3, -0.25) is 4.90 Å². The van der Waals surface area contributed by atoms with Gasteiger partial charge in [-0.25, -0.2) is 14.8 Å². The summed E-state index contributed by atoms with van der Waals surface area (Å²) in [6.07, 6.45) is 3.11. The summed E-state index contributed by atoms with van der Waals surface area (Å²) in [5.41, 5.74) is 2.88. The Balaban J connectivity index is 1.37. The van der Waals surface area contributed by atoms with Gasteiger partial charge in [0.2, 0.25) is 5.95 Å². The Morgan fingerprint density at radius 3 is 2.59 bits per heavy atom. The lowest BCUT2D eigenvalue weighted by molar-refractivity contribution is -0.0657. The van der Waals surface area contributed by atoms with Crippen LogP contribution < -0.4 is 20.4 Å². The van der Waals surface area contributed by atoms with Gasteiger partial charge in [-0.15, -0.1) is 0 Å². The lowest BCUT2D eigenvalue weighted by Gasteiger charge is -2.41. The molecule has 0 radical (unpaired) electrons. The molecule has 0 bridgehead atoms. The number of ether oxygens (including phenoxy) is 2. The number of cyclic esters (lactones) is 1. The maximum absolute atomic E-state index is 12.6. The van der Waals surface area contributed by atoms with Crippen LogP contribution in [0.15, 0.2) is 48.7 Å². The summed E-state index contributed by atoms with van der Waals surface area (Å²) in [6.45, 7) is 8.09. The van der Waals surface area contributed by atoms with E-state index in [9.17, 15) is 4.79 Å². The van der Waals surface area contributed by atoms with Crippen LogP contribution in [0.1, 0.15) is 50.7 Å². The summed E-state index contributed by atoms with van der Waals surface area (Å²) >= 11 is 0. The smallest absolute Gasteiger partial charge is 0.415 e. The zero-order valence-electron chi connectivity index (χ0n) is 22.8. The number of pyridine rings is 1. The van der Waals surface area contributed by atoms with Crippen LogP contribution in [0.3, 0.4) is 0 Å². The number of hydrogen-bond acceptors (Lipinski definition) is 9. The zero-order chi connectivity index (χ0) is 27.1. The highest BCUT2D eigenvalue weighted by Gasteiger charge is 2.48. The fourth-order valence-electron chi connectivity index (χ4n) is 5.77. The van der Waals surface area contributed by atoms with Crippen molar-refractivity contribution in [2.24, 2.45) is 0 Å². The molecule has 10 nitrogen and oxygen atoms in total. The van der Waals surface area contributed by atoms with Crippen LogP contribution in [0.5, 0.6) is 0 Å². The third-order valence-electron chi connectivity index (χ3n) is 7.78. The fourth-order valence-corrected chi connectivity index (χ4v) is 5.77. The van der Waals surface area contributed by atoms with Gasteiger partial charge in [0.25, 0.3) is 0 Å². The number of benzene rings is 1. The number of aromatic nitrogens is 3. The number of nitrogens with one attached hydrogen (secondary N) is 2. The van der Waals surface area contributed by atoms with Crippen LogP contribution in [0.4, 0.5) is 33.9 Å². The van der Waals surface area contributed by atoms with E-state index >= 15 is 0 Å². The standard InChI is InChI=1S/C29H35N7O3/c1-18-12-13-38-28(37)35(18)24-6-5-7-25(33-24)36-23-14-29(2,3)39-17-22(23)21-16-31-27(34-26(21)36)32-20-10-8-19(9-11-20)15-30-4/h5-11,16,18,22-23,30H,12-15,17H2,1-4H3,(H,31,32,34)/t18?,22?,23-/m1/s1. The summed E-state index contributed by atoms with van der Waals surface area (Å²) < 4.78 is 11.6. The van der Waals surface area contributed by atoms with Gasteiger partial charge in [-0.2, -0.15) is 4.98 Å². The first-order valence-corrected chi connectivity index (χ1v) is 13.6. The maximum atomic E-state index is 12.6. The highest BCUT2D eigenvalue weighted by atomic mass is 16.6. The highest BCUT2D eigenvalue weighted by Crippen LogP contribution is 2.49. The Labute approximate surface area is 228 Å². The molecule has 2 aromatic heterocycles. The number of carbonyl (C=O) groups excluding carboxylic acids is 1. The molecule has 2 N–H and O–H groups in total. The second-order valence-corrected chi connectivity index (χ2v) is 11.1. The molecule has 2 fully saturated rings. The summed E-state index contributed by atoms with van der Waals surface area (Å²) in [5.74, 6) is 2.77. The molecule has 5 heterocycles. The van der Waals surface area contributed by atoms with E-state index in [1.807, 2.05) is 50.5 Å². The zero-order valence-corrected chi connectivity index (χ0v) is 22.8. The second-order valence-electron chi connectivity index (χ2n) is 11.1. The minimum absolute atomic E-state index is 0.00671. The third-order valence-corrected chi connectivity index (χ3v) is 7.78. The van der Waals surface area contributed by atoms with E-state index in [4.69, 9.17) is 19.4 Å². The topological polar surface area (TPSA) is 105 Å². The van der Waals surface area contributed by atoms with Crippen molar-refractivity contribution in [3.8, 4) is 0 Å². The van der Waals surface area contributed by atoms with Crippen molar-refractivity contribution in [2.75, 3.05) is 35.4 Å². The molecular weight excluding hydrogens is 494 g/mol. The van der Waals surface area contributed by atoms with Crippen molar-refractivity contribution in [1.29, 1.82) is 0 Å². The molecule has 1 aromatic carbocycles. The lowest BCUT2D eigenvalue weighted by Crippen LogP contribution is -2.46. The predicted molar refractivity (Wildman–Crippen MR) is 150 cm³/mol. The van der Waals surface area contributed by atoms with E-state index in [2.05, 4.69) is 46.5 Å². The van der Waals surface area contributed by atoms with Crippen LogP contribution in [0, 0.1) is 0 Å². The molecule has 0 aliphatic carbocycles. The van der Waals surface area contributed by atoms with Crippen LogP contribution >= 0.6 is 0 Å². The van der Waals surface area contributed by atoms with Crippen molar-refractivity contribution in [2.45, 2.75) is 63.8 Å². The summed E-state index contributed by atoms with van der Waals surface area (Å²) in [5, 5.41) is 6.52. The van der Waals surface area contributed by atoms with Crippen LogP contribution in [0.25, 0.3) is 0 Å². The number of anilines is 5. The predicted octanol–water partition coefficient (Wildman–Crippen LogP) is 4.87. The molecule has 6 rings (SSSR count). The maximum Gasteiger partial charge on any atom is 0.415 e. The van der Waals surface area contributed by atoms with E-state index in [0.717, 1.165) is 42.3 Å². The summed E-state index contributed by atoms with van der Waals surface area (Å²) in [6, 6.07) is 14.1. The fraction of sp³-hybridized carbons (Fsp3) is 0.448. The van der Waals surface area contributed by atoms with Gasteiger partial charge in [-0.05, 0) is 64.1 Å². The summed E-state index contributed by atoms with van der Waals surface area (Å²) in [7, 11) is 1.93.